The van der Waals surface area contributed by atoms with Crippen molar-refractivity contribution in [3.63, 3.8) is 0 Å². The Bertz CT molecular complexity index is 256. The van der Waals surface area contributed by atoms with Crippen molar-refractivity contribution in [3.8, 4) is 0 Å². The molecule has 0 aliphatic carbocycles. The van der Waals surface area contributed by atoms with Gasteiger partial charge in [0.1, 0.15) is 0 Å². The molecule has 2 fully saturated rings. The second-order valence-electron chi connectivity index (χ2n) is 4.83. The number of amides is 1. The van der Waals surface area contributed by atoms with Crippen LogP contribution in [0.25, 0.3) is 0 Å². The van der Waals surface area contributed by atoms with E-state index < -0.39 is 0 Å². The standard InChI is InChI=1S/C11H21N3O/c1-2-3-4-7-13-14-8-5-6-9(14)10(14)11(12)15/h9-10,13H,2-8H2,1H3,(H-,12,15)/p+1. The molecular formula is C11H22N3O+. The molecule has 3 unspecified atom stereocenters. The van der Waals surface area contributed by atoms with E-state index in [0.717, 1.165) is 24.1 Å². The van der Waals surface area contributed by atoms with Crippen molar-refractivity contribution in [3.05, 3.63) is 0 Å². The zero-order chi connectivity index (χ0) is 10.9. The summed E-state index contributed by atoms with van der Waals surface area (Å²) in [6, 6.07) is 0.560. The molecule has 0 aromatic heterocycles. The van der Waals surface area contributed by atoms with Crippen molar-refractivity contribution in [1.29, 1.82) is 0 Å². The minimum Gasteiger partial charge on any atom is -0.364 e. The highest BCUT2D eigenvalue weighted by molar-refractivity contribution is 5.81. The summed E-state index contributed by atoms with van der Waals surface area (Å²) in [5.41, 5.74) is 8.94. The first-order chi connectivity index (χ1) is 7.22. The first-order valence-electron chi connectivity index (χ1n) is 6.14. The number of quaternary nitrogens is 1. The average molecular weight is 212 g/mol. The van der Waals surface area contributed by atoms with Crippen molar-refractivity contribution in [1.82, 2.24) is 5.43 Å². The highest BCUT2D eigenvalue weighted by atomic mass is 16.2. The summed E-state index contributed by atoms with van der Waals surface area (Å²) in [6.07, 6.45) is 6.10. The van der Waals surface area contributed by atoms with Gasteiger partial charge in [0.05, 0.1) is 6.54 Å². The highest BCUT2D eigenvalue weighted by Gasteiger charge is 2.72. The zero-order valence-corrected chi connectivity index (χ0v) is 9.54. The Kier molecular flexibility index (Phi) is 2.98. The number of nitrogens with zero attached hydrogens (tertiary/aromatic N) is 1. The third-order valence-electron chi connectivity index (χ3n) is 3.87. The van der Waals surface area contributed by atoms with E-state index in [2.05, 4.69) is 12.3 Å². The number of unbranched alkanes of at least 4 members (excludes halogenated alkanes) is 2. The van der Waals surface area contributed by atoms with E-state index in [1.165, 1.54) is 25.7 Å². The van der Waals surface area contributed by atoms with E-state index >= 15 is 0 Å². The van der Waals surface area contributed by atoms with Gasteiger partial charge in [0.25, 0.3) is 5.91 Å². The molecule has 1 amide bonds. The predicted octanol–water partition coefficient (Wildman–Crippen LogP) is 0.528. The van der Waals surface area contributed by atoms with Crippen LogP contribution in [0, 0.1) is 0 Å². The Morgan fingerprint density at radius 1 is 1.53 bits per heavy atom. The number of nitrogens with two attached hydrogens (primary N) is 1. The molecular weight excluding hydrogens is 190 g/mol. The van der Waals surface area contributed by atoms with Crippen molar-refractivity contribution >= 4 is 5.91 Å². The molecule has 2 aliphatic rings. The van der Waals surface area contributed by atoms with E-state index in [4.69, 9.17) is 5.73 Å². The maximum atomic E-state index is 11.2. The van der Waals surface area contributed by atoms with Crippen LogP contribution in [0.15, 0.2) is 0 Å². The van der Waals surface area contributed by atoms with Gasteiger partial charge in [-0.2, -0.15) is 5.43 Å². The topological polar surface area (TPSA) is 55.1 Å². The molecule has 0 saturated carbocycles. The molecule has 0 bridgehead atoms. The molecule has 0 radical (unpaired) electrons. The lowest BCUT2D eigenvalue weighted by Gasteiger charge is -2.17. The van der Waals surface area contributed by atoms with Crippen LogP contribution in [-0.2, 0) is 4.79 Å². The van der Waals surface area contributed by atoms with Crippen LogP contribution in [0.4, 0.5) is 0 Å². The van der Waals surface area contributed by atoms with Crippen LogP contribution in [0.2, 0.25) is 0 Å². The van der Waals surface area contributed by atoms with Crippen molar-refractivity contribution in [2.24, 2.45) is 5.73 Å². The van der Waals surface area contributed by atoms with E-state index in [1.54, 1.807) is 0 Å². The molecule has 4 heteroatoms. The first-order valence-corrected chi connectivity index (χ1v) is 6.14. The lowest BCUT2D eigenvalue weighted by atomic mass is 10.2. The van der Waals surface area contributed by atoms with E-state index in [9.17, 15) is 4.79 Å². The molecule has 0 spiro atoms. The summed E-state index contributed by atoms with van der Waals surface area (Å²) in [7, 11) is 0. The van der Waals surface area contributed by atoms with Crippen molar-refractivity contribution in [2.75, 3.05) is 13.1 Å². The average Bonchev–Trinajstić information content (AvgIpc) is 2.65. The lowest BCUT2D eigenvalue weighted by Crippen LogP contribution is -2.46. The van der Waals surface area contributed by atoms with Crippen molar-refractivity contribution in [2.45, 2.75) is 51.1 Å². The number of carbonyl (C=O) groups is 1. The Labute approximate surface area is 91.4 Å². The Morgan fingerprint density at radius 3 is 2.93 bits per heavy atom. The third-order valence-corrected chi connectivity index (χ3v) is 3.87. The van der Waals surface area contributed by atoms with Gasteiger partial charge in [-0.1, -0.05) is 19.8 Å². The number of rotatable bonds is 6. The molecule has 4 nitrogen and oxygen atoms in total. The van der Waals surface area contributed by atoms with Crippen molar-refractivity contribution < 1.29 is 9.39 Å². The second kappa shape index (κ2) is 4.10. The normalized spacial score (nSPS) is 37.7. The molecule has 2 aliphatic heterocycles. The maximum Gasteiger partial charge on any atom is 0.284 e. The van der Waals surface area contributed by atoms with Gasteiger partial charge in [-0.05, 0) is 6.42 Å². The number of fused-ring (bicyclic) bond motifs is 1. The summed E-state index contributed by atoms with van der Waals surface area (Å²) >= 11 is 0. The van der Waals surface area contributed by atoms with Gasteiger partial charge in [-0.25, -0.2) is 4.59 Å². The van der Waals surface area contributed by atoms with Crippen LogP contribution in [0.3, 0.4) is 0 Å². The first kappa shape index (κ1) is 10.9. The molecule has 2 heterocycles. The van der Waals surface area contributed by atoms with Gasteiger partial charge in [0.2, 0.25) is 6.04 Å². The van der Waals surface area contributed by atoms with E-state index in [0.29, 0.717) is 6.04 Å². The van der Waals surface area contributed by atoms with Crippen LogP contribution in [-0.4, -0.2) is 35.7 Å². The fourth-order valence-corrected chi connectivity index (χ4v) is 3.08. The molecule has 0 aromatic carbocycles. The smallest absolute Gasteiger partial charge is 0.284 e. The predicted molar refractivity (Wildman–Crippen MR) is 58.7 cm³/mol. The van der Waals surface area contributed by atoms with Gasteiger partial charge < -0.3 is 5.73 Å². The fraction of sp³-hybridized carbons (Fsp3) is 0.909. The molecule has 2 saturated heterocycles. The summed E-state index contributed by atoms with van der Waals surface area (Å²) < 4.78 is 0.805. The minimum absolute atomic E-state index is 0.0698. The third kappa shape index (κ3) is 1.76. The number of piperidine rings is 1. The number of primary amides is 1. The van der Waals surface area contributed by atoms with Gasteiger partial charge >= 0.3 is 0 Å². The number of nitrogens with one attached hydrogen (secondary N) is 1. The molecule has 3 N–H and O–H groups in total. The van der Waals surface area contributed by atoms with Crippen LogP contribution in [0.5, 0.6) is 0 Å². The second-order valence-corrected chi connectivity index (χ2v) is 4.83. The van der Waals surface area contributed by atoms with Gasteiger partial charge in [-0.3, -0.25) is 4.79 Å². The maximum absolute atomic E-state index is 11.2. The van der Waals surface area contributed by atoms with Gasteiger partial charge in [0.15, 0.2) is 6.04 Å². The minimum atomic E-state index is -0.123. The number of hydrogen-bond acceptors (Lipinski definition) is 2. The Balaban J connectivity index is 1.82. The van der Waals surface area contributed by atoms with Crippen LogP contribution < -0.4 is 11.2 Å². The lowest BCUT2D eigenvalue weighted by molar-refractivity contribution is -0.859. The van der Waals surface area contributed by atoms with Crippen LogP contribution in [0.1, 0.15) is 39.0 Å². The highest BCUT2D eigenvalue weighted by Crippen LogP contribution is 2.45. The molecule has 3 atom stereocenters. The molecule has 15 heavy (non-hydrogen) atoms. The van der Waals surface area contributed by atoms with Gasteiger partial charge in [-0.15, -0.1) is 0 Å². The quantitative estimate of drug-likeness (QED) is 0.383. The largest absolute Gasteiger partial charge is 0.364 e. The number of carbonyl (C=O) groups excluding carboxylic acids is 1. The van der Waals surface area contributed by atoms with E-state index in [-0.39, 0.29) is 11.9 Å². The number of hydrogen-bond donors (Lipinski definition) is 2. The summed E-state index contributed by atoms with van der Waals surface area (Å²) in [5, 5.41) is 0. The van der Waals surface area contributed by atoms with E-state index in [1.807, 2.05) is 0 Å². The molecule has 86 valence electrons. The molecule has 2 rings (SSSR count). The Morgan fingerprint density at radius 2 is 2.33 bits per heavy atom. The summed E-state index contributed by atoms with van der Waals surface area (Å²) in [4.78, 5) is 11.2. The fourth-order valence-electron chi connectivity index (χ4n) is 3.08. The zero-order valence-electron chi connectivity index (χ0n) is 9.54. The summed E-state index contributed by atoms with van der Waals surface area (Å²) in [5.74, 6) is -0.123. The Hall–Kier alpha value is -0.610. The SMILES string of the molecule is CCCCCN[N+]12CCCC1C2C(N)=O. The van der Waals surface area contributed by atoms with Crippen LogP contribution >= 0.6 is 0 Å². The van der Waals surface area contributed by atoms with Gasteiger partial charge in [0, 0.05) is 19.4 Å². The monoisotopic (exact) mass is 212 g/mol. The molecule has 0 aromatic rings. The summed E-state index contributed by atoms with van der Waals surface area (Å²) in [6.45, 7) is 4.31.